The van der Waals surface area contributed by atoms with Crippen molar-refractivity contribution in [1.29, 1.82) is 0 Å². The fourth-order valence-corrected chi connectivity index (χ4v) is 5.92. The Labute approximate surface area is 350 Å². The summed E-state index contributed by atoms with van der Waals surface area (Å²) in [6.07, 6.45) is -18.0. The van der Waals surface area contributed by atoms with E-state index in [-0.39, 0.29) is 33.0 Å². The van der Waals surface area contributed by atoms with Crippen molar-refractivity contribution in [2.75, 3.05) is 46.6 Å². The normalized spacial score (nSPS) is 25.7. The third-order valence-corrected chi connectivity index (χ3v) is 8.27. The minimum Gasteiger partial charge on any atom is -0.463 e. The second-order valence-electron chi connectivity index (χ2n) is 13.2. The van der Waals surface area contributed by atoms with E-state index in [0.29, 0.717) is 0 Å². The van der Waals surface area contributed by atoms with Crippen molar-refractivity contribution >= 4 is 48.0 Å². The van der Waals surface area contributed by atoms with Gasteiger partial charge < -0.3 is 72.2 Å². The van der Waals surface area contributed by atoms with E-state index in [0.717, 1.165) is 47.1 Å². The van der Waals surface area contributed by atoms with Crippen molar-refractivity contribution in [2.24, 2.45) is 0 Å². The van der Waals surface area contributed by atoms with Crippen molar-refractivity contribution in [3.8, 4) is 0 Å². The van der Waals surface area contributed by atoms with E-state index in [1.807, 2.05) is 18.2 Å². The highest BCUT2D eigenvalue weighted by Gasteiger charge is 2.57. The van der Waals surface area contributed by atoms with Gasteiger partial charge in [0.05, 0.1) is 19.8 Å². The van der Waals surface area contributed by atoms with Crippen LogP contribution in [0.15, 0.2) is 30.3 Å². The molecule has 23 heteroatoms. The third-order valence-electron chi connectivity index (χ3n) is 8.27. The summed E-state index contributed by atoms with van der Waals surface area (Å²) in [5.41, 5.74) is 0.797. The van der Waals surface area contributed by atoms with Gasteiger partial charge in [-0.1, -0.05) is 30.3 Å². The molecule has 2 amide bonds. The lowest BCUT2D eigenvalue weighted by Gasteiger charge is -2.48. The van der Waals surface area contributed by atoms with E-state index < -0.39 is 123 Å². The summed E-state index contributed by atoms with van der Waals surface area (Å²) in [7, 11) is 1.22. The Hall–Kier alpha value is -5.62. The largest absolute Gasteiger partial charge is 0.463 e. The summed E-state index contributed by atoms with van der Waals surface area (Å²) in [5.74, 6) is -5.12. The van der Waals surface area contributed by atoms with Crippen LogP contribution in [0.4, 0.5) is 9.59 Å². The molecule has 23 nitrogen and oxygen atoms in total. The van der Waals surface area contributed by atoms with Crippen molar-refractivity contribution in [3.63, 3.8) is 0 Å². The number of nitrogens with one attached hydrogen (secondary N) is 2. The van der Waals surface area contributed by atoms with E-state index >= 15 is 0 Å². The number of amides is 2. The van der Waals surface area contributed by atoms with Crippen LogP contribution >= 0.6 is 0 Å². The Morgan fingerprint density at radius 1 is 0.541 bits per heavy atom. The zero-order chi connectivity index (χ0) is 45.1. The molecular formula is C38H52N2O21. The van der Waals surface area contributed by atoms with Crippen LogP contribution in [-0.4, -0.2) is 156 Å². The summed E-state index contributed by atoms with van der Waals surface area (Å²) in [5, 5.41) is 4.78. The molecule has 0 bridgehead atoms. The van der Waals surface area contributed by atoms with E-state index in [2.05, 4.69) is 10.6 Å². The maximum absolute atomic E-state index is 12.7. The summed E-state index contributed by atoms with van der Waals surface area (Å²) >= 11 is 0. The second kappa shape index (κ2) is 25.2. The Kier molecular flexibility index (Phi) is 20.6. The number of rotatable bonds is 20. The Morgan fingerprint density at radius 3 is 1.56 bits per heavy atom. The number of hydrogen-bond donors (Lipinski definition) is 2. The lowest BCUT2D eigenvalue weighted by Crippen LogP contribution is -2.67. The monoisotopic (exact) mass is 872 g/mol. The molecular weight excluding hydrogens is 820 g/mol. The van der Waals surface area contributed by atoms with Crippen molar-refractivity contribution in [2.45, 2.75) is 110 Å². The minimum absolute atomic E-state index is 0.00805. The smallest absolute Gasteiger partial charge is 0.407 e. The molecule has 2 aliphatic rings. The molecule has 340 valence electrons. The van der Waals surface area contributed by atoms with Gasteiger partial charge in [-0.25, -0.2) is 9.59 Å². The third kappa shape index (κ3) is 17.1. The zero-order valence-electron chi connectivity index (χ0n) is 34.7. The predicted molar refractivity (Wildman–Crippen MR) is 198 cm³/mol. The van der Waals surface area contributed by atoms with Crippen molar-refractivity contribution in [1.82, 2.24) is 10.6 Å². The lowest BCUT2D eigenvalue weighted by atomic mass is 9.96. The molecule has 2 aliphatic heterocycles. The molecule has 1 aromatic carbocycles. The molecule has 0 spiro atoms. The molecule has 0 saturated carbocycles. The number of esters is 6. The molecule has 0 aromatic heterocycles. The fourth-order valence-electron chi connectivity index (χ4n) is 5.92. The quantitative estimate of drug-likeness (QED) is 0.102. The van der Waals surface area contributed by atoms with Crippen LogP contribution in [0.3, 0.4) is 0 Å². The van der Waals surface area contributed by atoms with Gasteiger partial charge in [0.2, 0.25) is 0 Å². The second-order valence-corrected chi connectivity index (χ2v) is 13.2. The Morgan fingerprint density at radius 2 is 1.05 bits per heavy atom. The van der Waals surface area contributed by atoms with Crippen LogP contribution in [0.5, 0.6) is 0 Å². The van der Waals surface area contributed by atoms with Crippen molar-refractivity contribution < 1.29 is 99.9 Å². The summed E-state index contributed by atoms with van der Waals surface area (Å²) in [6, 6.07) is 9.05. The van der Waals surface area contributed by atoms with E-state index in [1.54, 1.807) is 12.1 Å². The average Bonchev–Trinajstić information content (AvgIpc) is 3.18. The highest BCUT2D eigenvalue weighted by Crippen LogP contribution is 2.35. The van der Waals surface area contributed by atoms with Gasteiger partial charge in [0.25, 0.3) is 0 Å². The standard InChI is InChI=1S/C38H52N2O21/c1-20(41)51-18-27-29(54-22(3)43)31(56-24(5)45)33(35(58-27)50-16-15-49-14-13-40-38(48)53-17-26-11-9-8-10-12-26)60-36-34(61-37(47)39-7)32(57-25(6)46)30(55-23(4)44)28(59-36)19-52-21(2)42/h8-12,27-36H,13-19H2,1-7H3,(H,39,47)(H,40,48)/t27-,28+,29+,30+,31-,32-,33-,34-,35?,36+/m0/s1. The van der Waals surface area contributed by atoms with Gasteiger partial charge in [0.15, 0.2) is 49.2 Å². The van der Waals surface area contributed by atoms with Gasteiger partial charge >= 0.3 is 48.0 Å². The SMILES string of the molecule is CNC(=O)O[C@@H]1[C@@H](O[C@@H]2C(OCCOCCNC(=O)OCc3ccccc3)O[C@@H](COC(C)=O)[C@@H](OC(C)=O)[C@@H]2OC(C)=O)O[C@H](COC(C)=O)[C@@H](OC(C)=O)[C@@H]1OC(C)=O. The Bertz CT molecular complexity index is 1640. The van der Waals surface area contributed by atoms with Crippen LogP contribution in [0, 0.1) is 0 Å². The van der Waals surface area contributed by atoms with E-state index in [1.165, 1.54) is 7.05 Å². The van der Waals surface area contributed by atoms with Crippen molar-refractivity contribution in [3.05, 3.63) is 35.9 Å². The van der Waals surface area contributed by atoms with Gasteiger partial charge in [-0.05, 0) is 5.56 Å². The number of carbonyl (C=O) groups excluding carboxylic acids is 8. The fraction of sp³-hybridized carbons (Fsp3) is 0.632. The van der Waals surface area contributed by atoms with Crippen LogP contribution in [0.2, 0.25) is 0 Å². The molecule has 61 heavy (non-hydrogen) atoms. The first-order valence-electron chi connectivity index (χ1n) is 18.9. The molecule has 2 heterocycles. The highest BCUT2D eigenvalue weighted by atomic mass is 16.8. The van der Waals surface area contributed by atoms with E-state index in [9.17, 15) is 38.4 Å². The summed E-state index contributed by atoms with van der Waals surface area (Å²) < 4.78 is 73.3. The molecule has 2 saturated heterocycles. The van der Waals surface area contributed by atoms with Gasteiger partial charge in [-0.2, -0.15) is 0 Å². The highest BCUT2D eigenvalue weighted by molar-refractivity contribution is 5.70. The van der Waals surface area contributed by atoms with Gasteiger partial charge in [-0.3, -0.25) is 28.8 Å². The Balaban J connectivity index is 1.95. The zero-order valence-corrected chi connectivity index (χ0v) is 34.7. The number of carbonyl (C=O) groups is 8. The van der Waals surface area contributed by atoms with Crippen LogP contribution in [-0.2, 0) is 97.0 Å². The number of benzene rings is 1. The molecule has 3 rings (SSSR count). The average molecular weight is 873 g/mol. The molecule has 0 aliphatic carbocycles. The van der Waals surface area contributed by atoms with Crippen LogP contribution in [0.25, 0.3) is 0 Å². The maximum atomic E-state index is 12.7. The number of alkyl carbamates (subject to hydrolysis) is 2. The first kappa shape index (κ1) is 49.7. The lowest BCUT2D eigenvalue weighted by molar-refractivity contribution is -0.368. The first-order chi connectivity index (χ1) is 29.0. The summed E-state index contributed by atoms with van der Waals surface area (Å²) in [4.78, 5) is 98.4. The van der Waals surface area contributed by atoms with Crippen LogP contribution in [0.1, 0.15) is 47.1 Å². The predicted octanol–water partition coefficient (Wildman–Crippen LogP) is 0.359. The summed E-state index contributed by atoms with van der Waals surface area (Å²) in [6.45, 7) is 4.95. The molecule has 2 fully saturated rings. The molecule has 1 unspecified atom stereocenters. The molecule has 2 N–H and O–H groups in total. The number of ether oxygens (including phenoxy) is 13. The topological polar surface area (TPSA) is 281 Å². The molecule has 1 aromatic rings. The van der Waals surface area contributed by atoms with Gasteiger partial charge in [-0.15, -0.1) is 0 Å². The first-order valence-corrected chi connectivity index (χ1v) is 18.9. The van der Waals surface area contributed by atoms with E-state index in [4.69, 9.17) is 61.6 Å². The number of hydrogen-bond acceptors (Lipinski definition) is 21. The maximum Gasteiger partial charge on any atom is 0.407 e. The van der Waals surface area contributed by atoms with Crippen LogP contribution < -0.4 is 10.6 Å². The minimum atomic E-state index is -1.88. The van der Waals surface area contributed by atoms with Gasteiger partial charge in [0.1, 0.15) is 32.0 Å². The molecule has 0 radical (unpaired) electrons. The molecule has 10 atom stereocenters. The van der Waals surface area contributed by atoms with Gasteiger partial charge in [0, 0.05) is 55.1 Å².